The summed E-state index contributed by atoms with van der Waals surface area (Å²) in [7, 11) is -3.59. The molecule has 0 unspecified atom stereocenters. The molecule has 156 valence electrons. The van der Waals surface area contributed by atoms with Crippen molar-refractivity contribution in [2.45, 2.75) is 25.5 Å². The highest BCUT2D eigenvalue weighted by atomic mass is 35.5. The molecule has 2 aromatic carbocycles. The average molecular weight is 476 g/mol. The van der Waals surface area contributed by atoms with Gasteiger partial charge in [0.05, 0.1) is 21.7 Å². The molecule has 0 aliphatic carbocycles. The normalized spacial score (nSPS) is 17.9. The monoisotopic (exact) mass is 474 g/mol. The lowest BCUT2D eigenvalue weighted by Gasteiger charge is -2.31. The molecule has 1 N–H and O–H groups in total. The number of carbonyl (C=O) groups is 1. The Labute approximate surface area is 186 Å². The van der Waals surface area contributed by atoms with Gasteiger partial charge in [0, 0.05) is 23.8 Å². The number of anilines is 1. The first kappa shape index (κ1) is 22.4. The summed E-state index contributed by atoms with van der Waals surface area (Å²) in [4.78, 5) is 12.7. The molecule has 1 amide bonds. The fourth-order valence-corrected chi connectivity index (χ4v) is 5.41. The van der Waals surface area contributed by atoms with E-state index in [0.717, 1.165) is 5.56 Å². The molecule has 5 nitrogen and oxygen atoms in total. The van der Waals surface area contributed by atoms with E-state index in [1.807, 2.05) is 6.92 Å². The minimum absolute atomic E-state index is 0.148. The number of nitrogens with one attached hydrogen (secondary N) is 1. The van der Waals surface area contributed by atoms with E-state index in [0.29, 0.717) is 45.7 Å². The second-order valence-electron chi connectivity index (χ2n) is 7.10. The maximum Gasteiger partial charge on any atom is 0.228 e. The molecule has 0 bridgehead atoms. The zero-order valence-corrected chi connectivity index (χ0v) is 18.9. The summed E-state index contributed by atoms with van der Waals surface area (Å²) < 4.78 is 27.1. The Balaban J connectivity index is 1.69. The summed E-state index contributed by atoms with van der Waals surface area (Å²) in [6.07, 6.45) is 1.25. The fraction of sp³-hybridized carbons (Fsp3) is 0.350. The van der Waals surface area contributed by atoms with Gasteiger partial charge in [-0.25, -0.2) is 12.7 Å². The minimum Gasteiger partial charge on any atom is -0.326 e. The van der Waals surface area contributed by atoms with E-state index in [2.05, 4.69) is 5.32 Å². The van der Waals surface area contributed by atoms with Gasteiger partial charge in [0.2, 0.25) is 15.9 Å². The van der Waals surface area contributed by atoms with Gasteiger partial charge in [0.25, 0.3) is 0 Å². The Hall–Kier alpha value is -1.31. The van der Waals surface area contributed by atoms with Crippen molar-refractivity contribution in [3.8, 4) is 0 Å². The predicted octanol–water partition coefficient (Wildman–Crippen LogP) is 5.14. The Morgan fingerprint density at radius 3 is 2.62 bits per heavy atom. The molecular weight excluding hydrogens is 455 g/mol. The zero-order valence-electron chi connectivity index (χ0n) is 15.8. The topological polar surface area (TPSA) is 66.5 Å². The van der Waals surface area contributed by atoms with E-state index in [4.69, 9.17) is 34.8 Å². The lowest BCUT2D eigenvalue weighted by Crippen LogP contribution is -2.44. The third-order valence-electron chi connectivity index (χ3n) is 5.01. The number of sulfonamides is 1. The number of carbonyl (C=O) groups excluding carboxylic acids is 1. The van der Waals surface area contributed by atoms with Crippen LogP contribution in [0, 0.1) is 12.8 Å². The summed E-state index contributed by atoms with van der Waals surface area (Å²) in [6.45, 7) is 2.37. The van der Waals surface area contributed by atoms with Gasteiger partial charge in [-0.15, -0.1) is 0 Å². The third-order valence-corrected chi connectivity index (χ3v) is 7.97. The average Bonchev–Trinajstić information content (AvgIpc) is 2.68. The van der Waals surface area contributed by atoms with Crippen LogP contribution in [-0.4, -0.2) is 31.7 Å². The molecule has 1 atom stereocenters. The molecule has 3 rings (SSSR count). The largest absolute Gasteiger partial charge is 0.326 e. The molecule has 29 heavy (non-hydrogen) atoms. The van der Waals surface area contributed by atoms with E-state index in [-0.39, 0.29) is 18.2 Å². The van der Waals surface area contributed by atoms with Crippen molar-refractivity contribution in [3.63, 3.8) is 0 Å². The first-order chi connectivity index (χ1) is 13.7. The van der Waals surface area contributed by atoms with Crippen molar-refractivity contribution >= 4 is 56.4 Å². The summed E-state index contributed by atoms with van der Waals surface area (Å²) in [5, 5.41) is 4.13. The maximum atomic E-state index is 12.9. The second kappa shape index (κ2) is 9.23. The standard InChI is InChI=1S/C20H21Cl3N2O3S/c1-13-16(21)5-2-6-19(13)24-20(26)15-4-3-9-25(11-15)29(27,28)12-14-7-8-17(22)18(23)10-14/h2,5-8,10,15H,3-4,9,11-12H2,1H3,(H,24,26)/t15-/m1/s1. The summed E-state index contributed by atoms with van der Waals surface area (Å²) in [5.74, 6) is -0.818. The Morgan fingerprint density at radius 1 is 1.14 bits per heavy atom. The van der Waals surface area contributed by atoms with E-state index in [1.165, 1.54) is 4.31 Å². The summed E-state index contributed by atoms with van der Waals surface area (Å²) in [6, 6.07) is 10.1. The van der Waals surface area contributed by atoms with Gasteiger partial charge in [-0.3, -0.25) is 4.79 Å². The molecule has 1 fully saturated rings. The van der Waals surface area contributed by atoms with Gasteiger partial charge in [-0.1, -0.05) is 46.9 Å². The van der Waals surface area contributed by atoms with Crippen molar-refractivity contribution in [2.75, 3.05) is 18.4 Å². The van der Waals surface area contributed by atoms with Crippen molar-refractivity contribution in [1.82, 2.24) is 4.31 Å². The number of hydrogen-bond acceptors (Lipinski definition) is 3. The Kier molecular flexibility index (Phi) is 7.12. The number of hydrogen-bond donors (Lipinski definition) is 1. The number of piperidine rings is 1. The number of halogens is 3. The molecule has 1 heterocycles. The van der Waals surface area contributed by atoms with Gasteiger partial charge in [0.15, 0.2) is 0 Å². The van der Waals surface area contributed by atoms with E-state index in [9.17, 15) is 13.2 Å². The number of benzene rings is 2. The van der Waals surface area contributed by atoms with Gasteiger partial charge >= 0.3 is 0 Å². The Morgan fingerprint density at radius 2 is 1.90 bits per heavy atom. The number of rotatable bonds is 5. The van der Waals surface area contributed by atoms with Crippen LogP contribution in [0.4, 0.5) is 5.69 Å². The highest BCUT2D eigenvalue weighted by Crippen LogP contribution is 2.28. The van der Waals surface area contributed by atoms with Crippen LogP contribution in [0.15, 0.2) is 36.4 Å². The molecule has 1 aliphatic rings. The van der Waals surface area contributed by atoms with Gasteiger partial charge in [-0.2, -0.15) is 0 Å². The van der Waals surface area contributed by atoms with E-state index >= 15 is 0 Å². The first-order valence-electron chi connectivity index (χ1n) is 9.15. The molecule has 0 radical (unpaired) electrons. The lowest BCUT2D eigenvalue weighted by molar-refractivity contribution is -0.120. The van der Waals surface area contributed by atoms with Crippen LogP contribution in [0.25, 0.3) is 0 Å². The first-order valence-corrected chi connectivity index (χ1v) is 11.9. The van der Waals surface area contributed by atoms with Crippen LogP contribution in [0.3, 0.4) is 0 Å². The van der Waals surface area contributed by atoms with Crippen LogP contribution in [0.5, 0.6) is 0 Å². The molecule has 1 saturated heterocycles. The van der Waals surface area contributed by atoms with Gasteiger partial charge in [-0.05, 0) is 55.2 Å². The Bertz CT molecular complexity index is 1030. The molecule has 2 aromatic rings. The fourth-order valence-electron chi connectivity index (χ4n) is 3.32. The van der Waals surface area contributed by atoms with Gasteiger partial charge in [0.1, 0.15) is 0 Å². The van der Waals surface area contributed by atoms with Crippen molar-refractivity contribution < 1.29 is 13.2 Å². The summed E-state index contributed by atoms with van der Waals surface area (Å²) >= 11 is 18.0. The molecular formula is C20H21Cl3N2O3S. The SMILES string of the molecule is Cc1c(Cl)cccc1NC(=O)[C@@H]1CCCN(S(=O)(=O)Cc2ccc(Cl)c(Cl)c2)C1. The molecule has 9 heteroatoms. The molecule has 1 aliphatic heterocycles. The number of amides is 1. The van der Waals surface area contributed by atoms with Crippen molar-refractivity contribution in [3.05, 3.63) is 62.6 Å². The lowest BCUT2D eigenvalue weighted by atomic mass is 9.98. The van der Waals surface area contributed by atoms with Crippen LogP contribution in [0.2, 0.25) is 15.1 Å². The van der Waals surface area contributed by atoms with Crippen LogP contribution in [-0.2, 0) is 20.6 Å². The zero-order chi connectivity index (χ0) is 21.2. The minimum atomic E-state index is -3.59. The van der Waals surface area contributed by atoms with Gasteiger partial charge < -0.3 is 5.32 Å². The quantitative estimate of drug-likeness (QED) is 0.651. The van der Waals surface area contributed by atoms with Crippen molar-refractivity contribution in [1.29, 1.82) is 0 Å². The van der Waals surface area contributed by atoms with E-state index in [1.54, 1.807) is 36.4 Å². The number of nitrogens with zero attached hydrogens (tertiary/aromatic N) is 1. The highest BCUT2D eigenvalue weighted by Gasteiger charge is 2.32. The van der Waals surface area contributed by atoms with Crippen LogP contribution in [0.1, 0.15) is 24.0 Å². The van der Waals surface area contributed by atoms with Crippen molar-refractivity contribution in [2.24, 2.45) is 5.92 Å². The predicted molar refractivity (Wildman–Crippen MR) is 118 cm³/mol. The maximum absolute atomic E-state index is 12.9. The van der Waals surface area contributed by atoms with Crippen LogP contribution < -0.4 is 5.32 Å². The van der Waals surface area contributed by atoms with Crippen LogP contribution >= 0.6 is 34.8 Å². The molecule has 0 saturated carbocycles. The molecule has 0 spiro atoms. The second-order valence-corrected chi connectivity index (χ2v) is 10.3. The van der Waals surface area contributed by atoms with E-state index < -0.39 is 15.9 Å². The summed E-state index contributed by atoms with van der Waals surface area (Å²) in [5.41, 5.74) is 1.97. The molecule has 0 aromatic heterocycles. The third kappa shape index (κ3) is 5.44. The smallest absolute Gasteiger partial charge is 0.228 e. The highest BCUT2D eigenvalue weighted by molar-refractivity contribution is 7.88.